The fraction of sp³-hybridized carbons (Fsp3) is 0.562. The third-order valence-corrected chi connectivity index (χ3v) is 3.99. The summed E-state index contributed by atoms with van der Waals surface area (Å²) in [5.74, 6) is 0.876. The van der Waals surface area contributed by atoms with Crippen LogP contribution >= 0.6 is 0 Å². The molecular formula is C16H22N2O2. The molecule has 1 N–H and O–H groups in total. The average molecular weight is 274 g/mol. The van der Waals surface area contributed by atoms with Gasteiger partial charge >= 0.3 is 0 Å². The van der Waals surface area contributed by atoms with Crippen LogP contribution in [0.1, 0.15) is 25.7 Å². The van der Waals surface area contributed by atoms with Crippen molar-refractivity contribution in [2.45, 2.75) is 37.8 Å². The zero-order valence-corrected chi connectivity index (χ0v) is 11.8. The van der Waals surface area contributed by atoms with Crippen molar-refractivity contribution in [1.29, 1.82) is 0 Å². The van der Waals surface area contributed by atoms with Gasteiger partial charge in [0.25, 0.3) is 5.91 Å². The zero-order chi connectivity index (χ0) is 13.8. The van der Waals surface area contributed by atoms with E-state index in [1.165, 1.54) is 12.8 Å². The van der Waals surface area contributed by atoms with Gasteiger partial charge in [-0.05, 0) is 44.4 Å². The number of benzene rings is 1. The van der Waals surface area contributed by atoms with Crippen LogP contribution in [0.4, 0.5) is 0 Å². The number of hydrogen-bond acceptors (Lipinski definition) is 3. The van der Waals surface area contributed by atoms with Gasteiger partial charge in [-0.2, -0.15) is 0 Å². The molecule has 0 bridgehead atoms. The SMILES string of the molecule is O=C(COc1ccccc1)N(C[C@H]1CCCN1)C1CC1. The number of nitrogens with zero attached hydrogens (tertiary/aromatic N) is 1. The Labute approximate surface area is 120 Å². The van der Waals surface area contributed by atoms with Gasteiger partial charge in [-0.25, -0.2) is 0 Å². The van der Waals surface area contributed by atoms with Crippen LogP contribution in [-0.4, -0.2) is 42.6 Å². The lowest BCUT2D eigenvalue weighted by molar-refractivity contribution is -0.134. The molecule has 4 nitrogen and oxygen atoms in total. The lowest BCUT2D eigenvalue weighted by atomic mass is 10.2. The first-order valence-corrected chi connectivity index (χ1v) is 7.53. The summed E-state index contributed by atoms with van der Waals surface area (Å²) in [6, 6.07) is 10.5. The fourth-order valence-corrected chi connectivity index (χ4v) is 2.74. The Morgan fingerprint density at radius 2 is 2.05 bits per heavy atom. The molecule has 1 aliphatic carbocycles. The van der Waals surface area contributed by atoms with Gasteiger partial charge in [0, 0.05) is 18.6 Å². The molecular weight excluding hydrogens is 252 g/mol. The summed E-state index contributed by atoms with van der Waals surface area (Å²) in [7, 11) is 0. The van der Waals surface area contributed by atoms with Crippen LogP contribution in [0.25, 0.3) is 0 Å². The molecule has 1 heterocycles. The maximum atomic E-state index is 12.4. The van der Waals surface area contributed by atoms with Crippen LogP contribution in [0.15, 0.2) is 30.3 Å². The van der Waals surface area contributed by atoms with Gasteiger partial charge in [0.05, 0.1) is 0 Å². The third kappa shape index (κ3) is 3.51. The zero-order valence-electron chi connectivity index (χ0n) is 11.8. The standard InChI is InChI=1S/C16H22N2O2/c19-16(12-20-15-6-2-1-3-7-15)18(14-8-9-14)11-13-5-4-10-17-13/h1-3,6-7,13-14,17H,4-5,8-12H2/t13-/m1/s1. The second-order valence-corrected chi connectivity index (χ2v) is 5.67. The minimum Gasteiger partial charge on any atom is -0.484 e. The van der Waals surface area contributed by atoms with Crippen molar-refractivity contribution in [2.24, 2.45) is 0 Å². The number of para-hydroxylation sites is 1. The molecule has 3 rings (SSSR count). The molecule has 1 saturated carbocycles. The Morgan fingerprint density at radius 3 is 2.70 bits per heavy atom. The molecule has 0 unspecified atom stereocenters. The van der Waals surface area contributed by atoms with Crippen molar-refractivity contribution in [3.05, 3.63) is 30.3 Å². The first-order valence-electron chi connectivity index (χ1n) is 7.53. The van der Waals surface area contributed by atoms with E-state index in [2.05, 4.69) is 5.32 Å². The molecule has 1 atom stereocenters. The van der Waals surface area contributed by atoms with E-state index in [-0.39, 0.29) is 12.5 Å². The summed E-state index contributed by atoms with van der Waals surface area (Å²) in [5, 5.41) is 3.46. The Hall–Kier alpha value is -1.55. The maximum absolute atomic E-state index is 12.4. The highest BCUT2D eigenvalue weighted by Gasteiger charge is 2.34. The first-order chi connectivity index (χ1) is 9.83. The van der Waals surface area contributed by atoms with Crippen LogP contribution in [0.5, 0.6) is 5.75 Å². The Bertz CT molecular complexity index is 439. The highest BCUT2D eigenvalue weighted by atomic mass is 16.5. The van der Waals surface area contributed by atoms with Gasteiger partial charge in [0.2, 0.25) is 0 Å². The van der Waals surface area contributed by atoms with Crippen LogP contribution in [0, 0.1) is 0 Å². The number of amides is 1. The van der Waals surface area contributed by atoms with Crippen molar-refractivity contribution in [3.63, 3.8) is 0 Å². The van der Waals surface area contributed by atoms with E-state index < -0.39 is 0 Å². The third-order valence-electron chi connectivity index (χ3n) is 3.99. The van der Waals surface area contributed by atoms with E-state index in [1.54, 1.807) is 0 Å². The first kappa shape index (κ1) is 13.4. The quantitative estimate of drug-likeness (QED) is 0.860. The fourth-order valence-electron chi connectivity index (χ4n) is 2.74. The van der Waals surface area contributed by atoms with Crippen molar-refractivity contribution < 1.29 is 9.53 Å². The van der Waals surface area contributed by atoms with Crippen molar-refractivity contribution in [2.75, 3.05) is 19.7 Å². The summed E-state index contributed by atoms with van der Waals surface area (Å²) >= 11 is 0. The number of rotatable bonds is 6. The number of ether oxygens (including phenoxy) is 1. The van der Waals surface area contributed by atoms with Crippen LogP contribution in [-0.2, 0) is 4.79 Å². The van der Waals surface area contributed by atoms with Gasteiger partial charge in [0.15, 0.2) is 6.61 Å². The van der Waals surface area contributed by atoms with Gasteiger partial charge < -0.3 is 15.0 Å². The molecule has 108 valence electrons. The summed E-state index contributed by atoms with van der Waals surface area (Å²) in [5.41, 5.74) is 0. The van der Waals surface area contributed by atoms with Crippen LogP contribution < -0.4 is 10.1 Å². The van der Waals surface area contributed by atoms with Crippen molar-refractivity contribution in [1.82, 2.24) is 10.2 Å². The molecule has 1 aliphatic heterocycles. The van der Waals surface area contributed by atoms with Crippen molar-refractivity contribution in [3.8, 4) is 5.75 Å². The second-order valence-electron chi connectivity index (χ2n) is 5.67. The lowest BCUT2D eigenvalue weighted by Crippen LogP contribution is -2.44. The van der Waals surface area contributed by atoms with Crippen LogP contribution in [0.2, 0.25) is 0 Å². The summed E-state index contributed by atoms with van der Waals surface area (Å²) in [6.07, 6.45) is 4.68. The molecule has 1 aromatic rings. The highest BCUT2D eigenvalue weighted by Crippen LogP contribution is 2.28. The van der Waals surface area contributed by atoms with E-state index in [4.69, 9.17) is 4.74 Å². The lowest BCUT2D eigenvalue weighted by Gasteiger charge is -2.25. The Balaban J connectivity index is 1.52. The van der Waals surface area contributed by atoms with Gasteiger partial charge in [-0.1, -0.05) is 18.2 Å². The predicted molar refractivity (Wildman–Crippen MR) is 77.7 cm³/mol. The molecule has 20 heavy (non-hydrogen) atoms. The maximum Gasteiger partial charge on any atom is 0.260 e. The van der Waals surface area contributed by atoms with E-state index in [0.29, 0.717) is 12.1 Å². The number of carbonyl (C=O) groups is 1. The summed E-state index contributed by atoms with van der Waals surface area (Å²) < 4.78 is 5.58. The average Bonchev–Trinajstić information content (AvgIpc) is 3.20. The minimum absolute atomic E-state index is 0.116. The number of hydrogen-bond donors (Lipinski definition) is 1. The smallest absolute Gasteiger partial charge is 0.260 e. The van der Waals surface area contributed by atoms with E-state index in [0.717, 1.165) is 31.7 Å². The molecule has 1 aromatic carbocycles. The van der Waals surface area contributed by atoms with Gasteiger partial charge in [-0.3, -0.25) is 4.79 Å². The minimum atomic E-state index is 0.116. The number of carbonyl (C=O) groups excluding carboxylic acids is 1. The topological polar surface area (TPSA) is 41.6 Å². The Morgan fingerprint density at radius 1 is 1.25 bits per heavy atom. The molecule has 1 amide bonds. The van der Waals surface area contributed by atoms with Gasteiger partial charge in [-0.15, -0.1) is 0 Å². The molecule has 1 saturated heterocycles. The van der Waals surface area contributed by atoms with E-state index in [9.17, 15) is 4.79 Å². The van der Waals surface area contributed by atoms with E-state index >= 15 is 0 Å². The van der Waals surface area contributed by atoms with Crippen LogP contribution in [0.3, 0.4) is 0 Å². The second kappa shape index (κ2) is 6.27. The highest BCUT2D eigenvalue weighted by molar-refractivity contribution is 5.78. The monoisotopic (exact) mass is 274 g/mol. The summed E-state index contributed by atoms with van der Waals surface area (Å²) in [4.78, 5) is 14.4. The molecule has 0 spiro atoms. The molecule has 4 heteroatoms. The molecule has 0 radical (unpaired) electrons. The predicted octanol–water partition coefficient (Wildman–Crippen LogP) is 1.81. The normalized spacial score (nSPS) is 21.7. The number of nitrogens with one attached hydrogen (secondary N) is 1. The molecule has 2 fully saturated rings. The Kier molecular flexibility index (Phi) is 4.21. The molecule has 0 aromatic heterocycles. The molecule has 2 aliphatic rings. The van der Waals surface area contributed by atoms with Crippen molar-refractivity contribution >= 4 is 5.91 Å². The summed E-state index contributed by atoms with van der Waals surface area (Å²) in [6.45, 7) is 2.06. The largest absolute Gasteiger partial charge is 0.484 e. The van der Waals surface area contributed by atoms with E-state index in [1.807, 2.05) is 35.2 Å². The van der Waals surface area contributed by atoms with Gasteiger partial charge in [0.1, 0.15) is 5.75 Å².